The van der Waals surface area contributed by atoms with Gasteiger partial charge in [0.1, 0.15) is 12.2 Å². The van der Waals surface area contributed by atoms with E-state index in [0.29, 0.717) is 28.6 Å². The van der Waals surface area contributed by atoms with E-state index in [4.69, 9.17) is 18.6 Å². The van der Waals surface area contributed by atoms with Gasteiger partial charge in [-0.15, -0.1) is 0 Å². The minimum absolute atomic E-state index is 0.0208. The summed E-state index contributed by atoms with van der Waals surface area (Å²) < 4.78 is 21.3. The topological polar surface area (TPSA) is 75.0 Å². The highest BCUT2D eigenvalue weighted by atomic mass is 16.7. The van der Waals surface area contributed by atoms with Crippen molar-refractivity contribution in [1.82, 2.24) is 0 Å². The lowest BCUT2D eigenvalue weighted by Crippen LogP contribution is -2.06. The van der Waals surface area contributed by atoms with Gasteiger partial charge in [0.05, 0.1) is 0 Å². The third-order valence-electron chi connectivity index (χ3n) is 5.02. The Morgan fingerprint density at radius 1 is 1.13 bits per heavy atom. The minimum atomic E-state index is -0.509. The van der Waals surface area contributed by atoms with Gasteiger partial charge < -0.3 is 18.6 Å². The third kappa shape index (κ3) is 4.08. The first-order valence-corrected chi connectivity index (χ1v) is 9.72. The summed E-state index contributed by atoms with van der Waals surface area (Å²) in [5.74, 6) is 1.14. The predicted octanol–water partition coefficient (Wildman–Crippen LogP) is 4.71. The molecule has 6 nitrogen and oxygen atoms in total. The highest BCUT2D eigenvalue weighted by Gasteiger charge is 2.14. The fourth-order valence-electron chi connectivity index (χ4n) is 3.51. The molecule has 6 heteroatoms. The van der Waals surface area contributed by atoms with E-state index in [0.717, 1.165) is 22.1 Å². The lowest BCUT2D eigenvalue weighted by Gasteiger charge is -2.13. The molecule has 154 valence electrons. The average molecular weight is 406 g/mol. The second-order valence-electron chi connectivity index (χ2n) is 7.50. The summed E-state index contributed by atoms with van der Waals surface area (Å²) in [6.07, 6.45) is 2.98. The number of carbonyl (C=O) groups excluding carboxylic acids is 1. The molecule has 0 spiro atoms. The molecule has 0 fully saturated rings. The number of aryl methyl sites for hydroxylation is 1. The van der Waals surface area contributed by atoms with Gasteiger partial charge in [-0.1, -0.05) is 19.9 Å². The van der Waals surface area contributed by atoms with Crippen LogP contribution in [-0.2, 0) is 16.1 Å². The van der Waals surface area contributed by atoms with Crippen LogP contribution in [0.25, 0.3) is 17.0 Å². The monoisotopic (exact) mass is 406 g/mol. The van der Waals surface area contributed by atoms with Crippen molar-refractivity contribution >= 4 is 23.0 Å². The van der Waals surface area contributed by atoms with Gasteiger partial charge >= 0.3 is 11.6 Å². The Morgan fingerprint density at radius 3 is 2.73 bits per heavy atom. The molecule has 2 heterocycles. The van der Waals surface area contributed by atoms with Crippen LogP contribution in [0.15, 0.2) is 51.7 Å². The molecule has 2 aromatic carbocycles. The van der Waals surface area contributed by atoms with E-state index in [1.165, 1.54) is 12.1 Å². The summed E-state index contributed by atoms with van der Waals surface area (Å²) in [7, 11) is 0. The zero-order valence-electron chi connectivity index (χ0n) is 17.1. The van der Waals surface area contributed by atoms with Crippen molar-refractivity contribution in [3.63, 3.8) is 0 Å². The Morgan fingerprint density at radius 2 is 1.93 bits per heavy atom. The molecule has 0 radical (unpaired) electrons. The molecule has 3 aromatic rings. The van der Waals surface area contributed by atoms with E-state index < -0.39 is 11.6 Å². The van der Waals surface area contributed by atoms with Crippen molar-refractivity contribution in [2.75, 3.05) is 6.79 Å². The Hall–Kier alpha value is -3.54. The van der Waals surface area contributed by atoms with E-state index in [-0.39, 0.29) is 13.4 Å². The molecule has 1 aliphatic rings. The molecule has 0 atom stereocenters. The molecule has 0 saturated carbocycles. The van der Waals surface area contributed by atoms with E-state index >= 15 is 0 Å². The molecule has 0 saturated heterocycles. The highest BCUT2D eigenvalue weighted by Crippen LogP contribution is 2.33. The van der Waals surface area contributed by atoms with Crippen molar-refractivity contribution < 1.29 is 23.4 Å². The van der Waals surface area contributed by atoms with Crippen molar-refractivity contribution in [2.24, 2.45) is 0 Å². The van der Waals surface area contributed by atoms with Gasteiger partial charge in [0.15, 0.2) is 11.5 Å². The summed E-state index contributed by atoms with van der Waals surface area (Å²) in [6, 6.07) is 10.6. The van der Waals surface area contributed by atoms with Gasteiger partial charge in [0.2, 0.25) is 6.79 Å². The maximum absolute atomic E-state index is 12.2. The van der Waals surface area contributed by atoms with Crippen LogP contribution < -0.4 is 15.1 Å². The van der Waals surface area contributed by atoms with Crippen LogP contribution in [0, 0.1) is 6.92 Å². The average Bonchev–Trinajstić information content (AvgIpc) is 3.17. The number of benzene rings is 2. The number of esters is 1. The molecular weight excluding hydrogens is 384 g/mol. The largest absolute Gasteiger partial charge is 0.458 e. The smallest absolute Gasteiger partial charge is 0.336 e. The first-order chi connectivity index (χ1) is 14.4. The molecule has 0 N–H and O–H groups in total. The van der Waals surface area contributed by atoms with Crippen LogP contribution in [0.2, 0.25) is 0 Å². The molecule has 0 bridgehead atoms. The first kappa shape index (κ1) is 19.8. The summed E-state index contributed by atoms with van der Waals surface area (Å²) in [5, 5.41) is 0.774. The Kier molecular flexibility index (Phi) is 5.31. The van der Waals surface area contributed by atoms with Gasteiger partial charge in [-0.3, -0.25) is 0 Å². The maximum Gasteiger partial charge on any atom is 0.336 e. The molecule has 4 rings (SSSR count). The number of ether oxygens (including phenoxy) is 3. The van der Waals surface area contributed by atoms with Gasteiger partial charge in [-0.05, 0) is 59.9 Å². The molecule has 0 aliphatic carbocycles. The maximum atomic E-state index is 12.2. The molecule has 30 heavy (non-hydrogen) atoms. The van der Waals surface area contributed by atoms with E-state index in [9.17, 15) is 9.59 Å². The number of fused-ring (bicyclic) bond motifs is 2. The second-order valence-corrected chi connectivity index (χ2v) is 7.50. The standard InChI is InChI=1S/C24H22O6/c1-14(2)18-11-19-17(10-24(26)30-21(19)8-15(18)3)12-27-23(25)7-5-16-4-6-20-22(9-16)29-13-28-20/h4-11,14H,12-13H2,1-3H3/b7-5+. The highest BCUT2D eigenvalue weighted by molar-refractivity contribution is 5.88. The third-order valence-corrected chi connectivity index (χ3v) is 5.02. The van der Waals surface area contributed by atoms with Crippen LogP contribution in [0.4, 0.5) is 0 Å². The van der Waals surface area contributed by atoms with Crippen LogP contribution in [0.5, 0.6) is 11.5 Å². The normalized spacial score (nSPS) is 12.8. The zero-order valence-corrected chi connectivity index (χ0v) is 17.1. The fraction of sp³-hybridized carbons (Fsp3) is 0.250. The lowest BCUT2D eigenvalue weighted by atomic mass is 9.95. The van der Waals surface area contributed by atoms with Crippen LogP contribution >= 0.6 is 0 Å². The quantitative estimate of drug-likeness (QED) is 0.347. The van der Waals surface area contributed by atoms with Crippen LogP contribution in [-0.4, -0.2) is 12.8 Å². The second kappa shape index (κ2) is 8.06. The Labute approximate surface area is 173 Å². The van der Waals surface area contributed by atoms with Crippen molar-refractivity contribution in [3.8, 4) is 11.5 Å². The number of rotatable bonds is 5. The molecular formula is C24H22O6. The molecule has 1 aliphatic heterocycles. The first-order valence-electron chi connectivity index (χ1n) is 9.72. The van der Waals surface area contributed by atoms with Gasteiger partial charge in [-0.2, -0.15) is 0 Å². The number of hydrogen-bond acceptors (Lipinski definition) is 6. The minimum Gasteiger partial charge on any atom is -0.458 e. The summed E-state index contributed by atoms with van der Waals surface area (Å²) >= 11 is 0. The van der Waals surface area contributed by atoms with E-state index in [2.05, 4.69) is 13.8 Å². The fourth-order valence-corrected chi connectivity index (χ4v) is 3.51. The Bertz CT molecular complexity index is 1200. The molecule has 1 aromatic heterocycles. The number of carbonyl (C=O) groups is 1. The van der Waals surface area contributed by atoms with Crippen molar-refractivity contribution in [1.29, 1.82) is 0 Å². The van der Waals surface area contributed by atoms with Gasteiger partial charge in [0.25, 0.3) is 0 Å². The van der Waals surface area contributed by atoms with Crippen molar-refractivity contribution in [2.45, 2.75) is 33.3 Å². The SMILES string of the molecule is Cc1cc2oc(=O)cc(COC(=O)/C=C/c3ccc4c(c3)OCO4)c2cc1C(C)C. The molecule has 0 amide bonds. The number of hydrogen-bond donors (Lipinski definition) is 0. The van der Waals surface area contributed by atoms with Crippen molar-refractivity contribution in [3.05, 3.63) is 75.1 Å². The van der Waals surface area contributed by atoms with Gasteiger partial charge in [0, 0.05) is 23.1 Å². The van der Waals surface area contributed by atoms with Gasteiger partial charge in [-0.25, -0.2) is 9.59 Å². The van der Waals surface area contributed by atoms with E-state index in [1.807, 2.05) is 25.1 Å². The molecule has 0 unspecified atom stereocenters. The Balaban J connectivity index is 1.52. The zero-order chi connectivity index (χ0) is 21.3. The predicted molar refractivity (Wildman–Crippen MR) is 113 cm³/mol. The van der Waals surface area contributed by atoms with Crippen LogP contribution in [0.3, 0.4) is 0 Å². The van der Waals surface area contributed by atoms with E-state index in [1.54, 1.807) is 18.2 Å². The summed E-state index contributed by atoms with van der Waals surface area (Å²) in [4.78, 5) is 24.1. The summed E-state index contributed by atoms with van der Waals surface area (Å²) in [6.45, 7) is 6.37. The summed E-state index contributed by atoms with van der Waals surface area (Å²) in [5.41, 5.74) is 3.65. The van der Waals surface area contributed by atoms with Crippen LogP contribution in [0.1, 0.15) is 42.0 Å². The lowest BCUT2D eigenvalue weighted by molar-refractivity contribution is -0.138.